The van der Waals surface area contributed by atoms with Gasteiger partial charge in [-0.15, -0.1) is 0 Å². The van der Waals surface area contributed by atoms with Crippen molar-refractivity contribution in [1.82, 2.24) is 0 Å². The highest BCUT2D eigenvalue weighted by Crippen LogP contribution is 2.29. The first-order chi connectivity index (χ1) is 8.61. The van der Waals surface area contributed by atoms with Crippen molar-refractivity contribution in [3.05, 3.63) is 28.8 Å². The third kappa shape index (κ3) is 2.78. The minimum absolute atomic E-state index is 0.342. The lowest BCUT2D eigenvalue weighted by atomic mass is 9.94. The smallest absolute Gasteiger partial charge is 0.337 e. The number of rotatable bonds is 3. The molecule has 0 amide bonds. The Balaban J connectivity index is 2.22. The standard InChI is InChI=1S/C14H18ClNO2/c1-2-10-5-7-16(8-6-10)13-9-11(15)3-4-12(13)14(17)18/h3-4,9-10H,2,5-8H2,1H3,(H,17,18). The van der Waals surface area contributed by atoms with Gasteiger partial charge in [-0.25, -0.2) is 4.79 Å². The van der Waals surface area contributed by atoms with Crippen molar-refractivity contribution in [3.63, 3.8) is 0 Å². The number of hydrogen-bond donors (Lipinski definition) is 1. The van der Waals surface area contributed by atoms with Crippen molar-refractivity contribution in [2.24, 2.45) is 5.92 Å². The summed E-state index contributed by atoms with van der Waals surface area (Å²) < 4.78 is 0. The fourth-order valence-electron chi connectivity index (χ4n) is 2.53. The van der Waals surface area contributed by atoms with Crippen LogP contribution in [0.5, 0.6) is 0 Å². The number of nitrogens with zero attached hydrogens (tertiary/aromatic N) is 1. The third-order valence-electron chi connectivity index (χ3n) is 3.72. The van der Waals surface area contributed by atoms with E-state index in [0.29, 0.717) is 10.6 Å². The molecule has 1 aromatic carbocycles. The first kappa shape index (κ1) is 13.2. The predicted octanol–water partition coefficient (Wildman–Crippen LogP) is 3.66. The average molecular weight is 268 g/mol. The lowest BCUT2D eigenvalue weighted by molar-refractivity contribution is 0.0697. The molecule has 0 aromatic heterocycles. The molecular formula is C14H18ClNO2. The van der Waals surface area contributed by atoms with Gasteiger partial charge < -0.3 is 10.0 Å². The van der Waals surface area contributed by atoms with Crippen LogP contribution in [0.15, 0.2) is 18.2 Å². The van der Waals surface area contributed by atoms with Gasteiger partial charge in [-0.3, -0.25) is 0 Å². The maximum absolute atomic E-state index is 11.2. The van der Waals surface area contributed by atoms with Crippen LogP contribution in [0.25, 0.3) is 0 Å². The molecule has 0 atom stereocenters. The molecule has 1 aliphatic heterocycles. The fraction of sp³-hybridized carbons (Fsp3) is 0.500. The van der Waals surface area contributed by atoms with Gasteiger partial charge in [-0.1, -0.05) is 24.9 Å². The molecule has 0 saturated carbocycles. The van der Waals surface area contributed by atoms with Crippen molar-refractivity contribution in [1.29, 1.82) is 0 Å². The molecule has 0 radical (unpaired) electrons. The summed E-state index contributed by atoms with van der Waals surface area (Å²) in [7, 11) is 0. The maximum Gasteiger partial charge on any atom is 0.337 e. The molecule has 0 unspecified atom stereocenters. The van der Waals surface area contributed by atoms with Crippen molar-refractivity contribution < 1.29 is 9.90 Å². The van der Waals surface area contributed by atoms with Crippen LogP contribution in [0.1, 0.15) is 36.5 Å². The second-order valence-corrected chi connectivity index (χ2v) is 5.24. The van der Waals surface area contributed by atoms with Gasteiger partial charge in [0.1, 0.15) is 0 Å². The Kier molecular flexibility index (Phi) is 4.12. The van der Waals surface area contributed by atoms with Crippen LogP contribution in [-0.4, -0.2) is 24.2 Å². The molecule has 0 bridgehead atoms. The van der Waals surface area contributed by atoms with Crippen LogP contribution < -0.4 is 4.90 Å². The number of carbonyl (C=O) groups is 1. The van der Waals surface area contributed by atoms with E-state index >= 15 is 0 Å². The Morgan fingerprint density at radius 3 is 2.67 bits per heavy atom. The van der Waals surface area contributed by atoms with Gasteiger partial charge in [0.15, 0.2) is 0 Å². The molecule has 2 rings (SSSR count). The van der Waals surface area contributed by atoms with Gasteiger partial charge in [0.05, 0.1) is 11.3 Å². The minimum atomic E-state index is -0.890. The number of carboxylic acids is 1. The van der Waals surface area contributed by atoms with E-state index in [9.17, 15) is 9.90 Å². The minimum Gasteiger partial charge on any atom is -0.478 e. The van der Waals surface area contributed by atoms with Crippen molar-refractivity contribution >= 4 is 23.3 Å². The highest BCUT2D eigenvalue weighted by Gasteiger charge is 2.22. The molecule has 1 saturated heterocycles. The zero-order valence-corrected chi connectivity index (χ0v) is 11.3. The van der Waals surface area contributed by atoms with Gasteiger partial charge in [0.25, 0.3) is 0 Å². The van der Waals surface area contributed by atoms with Gasteiger partial charge in [0, 0.05) is 18.1 Å². The molecule has 1 aliphatic rings. The molecule has 1 N–H and O–H groups in total. The highest BCUT2D eigenvalue weighted by atomic mass is 35.5. The van der Waals surface area contributed by atoms with Crippen LogP contribution in [-0.2, 0) is 0 Å². The van der Waals surface area contributed by atoms with Gasteiger partial charge in [0.2, 0.25) is 0 Å². The molecule has 18 heavy (non-hydrogen) atoms. The zero-order valence-electron chi connectivity index (χ0n) is 10.5. The SMILES string of the molecule is CCC1CCN(c2cc(Cl)ccc2C(=O)O)CC1. The number of anilines is 1. The normalized spacial score (nSPS) is 16.9. The quantitative estimate of drug-likeness (QED) is 0.908. The molecule has 0 spiro atoms. The molecular weight excluding hydrogens is 250 g/mol. The molecule has 1 aromatic rings. The van der Waals surface area contributed by atoms with Crippen molar-refractivity contribution in [2.45, 2.75) is 26.2 Å². The summed E-state index contributed by atoms with van der Waals surface area (Å²) >= 11 is 5.98. The van der Waals surface area contributed by atoms with E-state index in [4.69, 9.17) is 11.6 Å². The number of hydrogen-bond acceptors (Lipinski definition) is 2. The number of piperidine rings is 1. The van der Waals surface area contributed by atoms with E-state index in [-0.39, 0.29) is 0 Å². The number of aromatic carboxylic acids is 1. The van der Waals surface area contributed by atoms with Gasteiger partial charge >= 0.3 is 5.97 Å². The van der Waals surface area contributed by atoms with Gasteiger partial charge in [-0.2, -0.15) is 0 Å². The maximum atomic E-state index is 11.2. The Labute approximate surface area is 112 Å². The van der Waals surface area contributed by atoms with Crippen LogP contribution in [0, 0.1) is 5.92 Å². The summed E-state index contributed by atoms with van der Waals surface area (Å²) in [5, 5.41) is 9.81. The molecule has 3 nitrogen and oxygen atoms in total. The van der Waals surface area contributed by atoms with Crippen molar-refractivity contribution in [2.75, 3.05) is 18.0 Å². The summed E-state index contributed by atoms with van der Waals surface area (Å²) in [6, 6.07) is 4.98. The molecule has 4 heteroatoms. The average Bonchev–Trinajstić information content (AvgIpc) is 2.38. The predicted molar refractivity (Wildman–Crippen MR) is 73.6 cm³/mol. The Bertz CT molecular complexity index is 439. The largest absolute Gasteiger partial charge is 0.478 e. The van der Waals surface area contributed by atoms with Crippen LogP contribution in [0.2, 0.25) is 5.02 Å². The summed E-state index contributed by atoms with van der Waals surface area (Å²) in [5.41, 5.74) is 1.10. The Morgan fingerprint density at radius 2 is 2.11 bits per heavy atom. The fourth-order valence-corrected chi connectivity index (χ4v) is 2.70. The number of carboxylic acid groups (broad SMARTS) is 1. The highest BCUT2D eigenvalue weighted by molar-refractivity contribution is 6.31. The lowest BCUT2D eigenvalue weighted by Crippen LogP contribution is -2.34. The van der Waals surface area contributed by atoms with E-state index in [0.717, 1.165) is 37.5 Å². The van der Waals surface area contributed by atoms with E-state index in [1.54, 1.807) is 18.2 Å². The number of benzene rings is 1. The van der Waals surface area contributed by atoms with E-state index in [2.05, 4.69) is 11.8 Å². The second-order valence-electron chi connectivity index (χ2n) is 4.81. The van der Waals surface area contributed by atoms with Crippen molar-refractivity contribution in [3.8, 4) is 0 Å². The van der Waals surface area contributed by atoms with E-state index < -0.39 is 5.97 Å². The monoisotopic (exact) mass is 267 g/mol. The van der Waals surface area contributed by atoms with Crippen LogP contribution in [0.3, 0.4) is 0 Å². The first-order valence-electron chi connectivity index (χ1n) is 6.39. The summed E-state index contributed by atoms with van der Waals surface area (Å²) in [5.74, 6) is -0.118. The summed E-state index contributed by atoms with van der Waals surface area (Å²) in [6.07, 6.45) is 3.46. The molecule has 98 valence electrons. The number of halogens is 1. The third-order valence-corrected chi connectivity index (χ3v) is 3.96. The molecule has 0 aliphatic carbocycles. The van der Waals surface area contributed by atoms with Crippen LogP contribution in [0.4, 0.5) is 5.69 Å². The first-order valence-corrected chi connectivity index (χ1v) is 6.77. The molecule has 1 fully saturated rings. The van der Waals surface area contributed by atoms with E-state index in [1.165, 1.54) is 6.42 Å². The molecule has 1 heterocycles. The summed E-state index contributed by atoms with van der Waals surface area (Å²) in [6.45, 7) is 4.04. The zero-order chi connectivity index (χ0) is 13.1. The summed E-state index contributed by atoms with van der Waals surface area (Å²) in [4.78, 5) is 13.4. The Hall–Kier alpha value is -1.22. The topological polar surface area (TPSA) is 40.5 Å². The Morgan fingerprint density at radius 1 is 1.44 bits per heavy atom. The second kappa shape index (κ2) is 5.61. The van der Waals surface area contributed by atoms with E-state index in [1.807, 2.05) is 0 Å². The van der Waals surface area contributed by atoms with Gasteiger partial charge in [-0.05, 0) is 37.0 Å². The van der Waals surface area contributed by atoms with Crippen LogP contribution >= 0.6 is 11.6 Å². The lowest BCUT2D eigenvalue weighted by Gasteiger charge is -2.34.